The van der Waals surface area contributed by atoms with Crippen molar-refractivity contribution in [2.75, 3.05) is 16.4 Å². The van der Waals surface area contributed by atoms with Crippen molar-refractivity contribution in [2.24, 2.45) is 0 Å². The standard InChI is InChI=1S/C12H16ClN5O2S/c1-10-8-11(15-21(19,20)7-3-2-6-13)4-5-12(10)18-9-14-16-17-18/h4-5,8-9,15H,2-3,6-7H2,1H3. The van der Waals surface area contributed by atoms with Crippen LogP contribution >= 0.6 is 11.6 Å². The van der Waals surface area contributed by atoms with Crippen molar-refractivity contribution in [1.29, 1.82) is 0 Å². The summed E-state index contributed by atoms with van der Waals surface area (Å²) in [6, 6.07) is 5.20. The van der Waals surface area contributed by atoms with Gasteiger partial charge in [-0.15, -0.1) is 16.7 Å². The minimum absolute atomic E-state index is 0.0630. The third-order valence-electron chi connectivity index (χ3n) is 2.86. The van der Waals surface area contributed by atoms with Gasteiger partial charge >= 0.3 is 0 Å². The monoisotopic (exact) mass is 329 g/mol. The minimum Gasteiger partial charge on any atom is -0.284 e. The predicted octanol–water partition coefficient (Wildman–Crippen LogP) is 1.73. The number of sulfonamides is 1. The van der Waals surface area contributed by atoms with E-state index in [0.29, 0.717) is 24.4 Å². The van der Waals surface area contributed by atoms with Gasteiger partial charge in [0.05, 0.1) is 11.4 Å². The minimum atomic E-state index is -3.35. The second-order valence-corrected chi connectivity index (χ2v) is 6.79. The summed E-state index contributed by atoms with van der Waals surface area (Å²) in [5.74, 6) is 0.531. The largest absolute Gasteiger partial charge is 0.284 e. The number of hydrogen-bond donors (Lipinski definition) is 1. The zero-order valence-electron chi connectivity index (χ0n) is 11.5. The van der Waals surface area contributed by atoms with E-state index in [4.69, 9.17) is 11.6 Å². The molecule has 0 spiro atoms. The molecule has 9 heteroatoms. The Morgan fingerprint density at radius 3 is 2.76 bits per heavy atom. The number of anilines is 1. The van der Waals surface area contributed by atoms with E-state index >= 15 is 0 Å². The van der Waals surface area contributed by atoms with Gasteiger partial charge in [-0.1, -0.05) is 0 Å². The van der Waals surface area contributed by atoms with Crippen molar-refractivity contribution in [3.05, 3.63) is 30.1 Å². The molecule has 0 aliphatic carbocycles. The molecule has 0 radical (unpaired) electrons. The van der Waals surface area contributed by atoms with Gasteiger partial charge in [0.15, 0.2) is 0 Å². The Kier molecular flexibility index (Phi) is 5.13. The summed E-state index contributed by atoms with van der Waals surface area (Å²) in [4.78, 5) is 0. The summed E-state index contributed by atoms with van der Waals surface area (Å²) in [7, 11) is -3.35. The molecule has 0 aliphatic rings. The van der Waals surface area contributed by atoms with Crippen LogP contribution in [-0.4, -0.2) is 40.3 Å². The van der Waals surface area contributed by atoms with E-state index in [1.165, 1.54) is 11.0 Å². The molecular weight excluding hydrogens is 314 g/mol. The van der Waals surface area contributed by atoms with Gasteiger partial charge in [0.25, 0.3) is 0 Å². The van der Waals surface area contributed by atoms with Crippen LogP contribution < -0.4 is 4.72 Å². The van der Waals surface area contributed by atoms with Crippen LogP contribution in [-0.2, 0) is 10.0 Å². The van der Waals surface area contributed by atoms with Gasteiger partial charge in [-0.3, -0.25) is 4.72 Å². The van der Waals surface area contributed by atoms with Crippen LogP contribution in [0.4, 0.5) is 5.69 Å². The second kappa shape index (κ2) is 6.86. The third-order valence-corrected chi connectivity index (χ3v) is 4.50. The molecule has 0 saturated heterocycles. The van der Waals surface area contributed by atoms with Gasteiger partial charge < -0.3 is 0 Å². The average molecular weight is 330 g/mol. The van der Waals surface area contributed by atoms with Crippen LogP contribution in [0.5, 0.6) is 0 Å². The van der Waals surface area contributed by atoms with Gasteiger partial charge in [0.2, 0.25) is 10.0 Å². The number of halogens is 1. The molecule has 0 bridgehead atoms. The number of tetrazole rings is 1. The molecule has 0 saturated carbocycles. The Morgan fingerprint density at radius 2 is 2.14 bits per heavy atom. The number of nitrogens with one attached hydrogen (secondary N) is 1. The average Bonchev–Trinajstić information content (AvgIpc) is 2.92. The lowest BCUT2D eigenvalue weighted by molar-refractivity contribution is 0.598. The Hall–Kier alpha value is -1.67. The predicted molar refractivity (Wildman–Crippen MR) is 81.3 cm³/mol. The molecule has 2 rings (SSSR count). The molecule has 0 atom stereocenters. The zero-order chi connectivity index (χ0) is 15.3. The number of benzene rings is 1. The number of unbranched alkanes of at least 4 members (excludes halogenated alkanes) is 1. The molecule has 21 heavy (non-hydrogen) atoms. The van der Waals surface area contributed by atoms with Crippen LogP contribution in [0.15, 0.2) is 24.5 Å². The van der Waals surface area contributed by atoms with Crippen molar-refractivity contribution >= 4 is 27.3 Å². The van der Waals surface area contributed by atoms with Crippen LogP contribution in [0.25, 0.3) is 5.69 Å². The lowest BCUT2D eigenvalue weighted by atomic mass is 10.2. The molecule has 0 amide bonds. The van der Waals surface area contributed by atoms with E-state index in [1.54, 1.807) is 18.2 Å². The number of aromatic nitrogens is 4. The molecule has 1 aromatic carbocycles. The maximum Gasteiger partial charge on any atom is 0.232 e. The Balaban J connectivity index is 2.10. The molecule has 0 aliphatic heterocycles. The summed E-state index contributed by atoms with van der Waals surface area (Å²) in [6.45, 7) is 1.86. The van der Waals surface area contributed by atoms with Crippen molar-refractivity contribution in [3.8, 4) is 5.69 Å². The van der Waals surface area contributed by atoms with E-state index in [1.807, 2.05) is 6.92 Å². The first-order chi connectivity index (χ1) is 10.0. The Bertz CT molecular complexity index is 688. The Morgan fingerprint density at radius 1 is 1.33 bits per heavy atom. The van der Waals surface area contributed by atoms with E-state index in [2.05, 4.69) is 20.2 Å². The molecule has 7 nitrogen and oxygen atoms in total. The maximum atomic E-state index is 11.9. The lowest BCUT2D eigenvalue weighted by Gasteiger charge is -2.10. The quantitative estimate of drug-likeness (QED) is 0.617. The molecule has 0 fully saturated rings. The highest BCUT2D eigenvalue weighted by Crippen LogP contribution is 2.19. The van der Waals surface area contributed by atoms with Crippen LogP contribution in [0.1, 0.15) is 18.4 Å². The maximum absolute atomic E-state index is 11.9. The van der Waals surface area contributed by atoms with Gasteiger partial charge in [-0.2, -0.15) is 0 Å². The first-order valence-corrected chi connectivity index (χ1v) is 8.61. The van der Waals surface area contributed by atoms with Crippen molar-refractivity contribution in [2.45, 2.75) is 19.8 Å². The molecule has 2 aromatic rings. The molecular formula is C12H16ClN5O2S. The molecule has 114 valence electrons. The fraction of sp³-hybridized carbons (Fsp3) is 0.417. The van der Waals surface area contributed by atoms with E-state index in [-0.39, 0.29) is 5.75 Å². The zero-order valence-corrected chi connectivity index (χ0v) is 13.1. The van der Waals surface area contributed by atoms with Crippen LogP contribution in [0, 0.1) is 6.92 Å². The van der Waals surface area contributed by atoms with E-state index in [9.17, 15) is 8.42 Å². The van der Waals surface area contributed by atoms with Crippen LogP contribution in [0.3, 0.4) is 0 Å². The number of rotatable bonds is 7. The summed E-state index contributed by atoms with van der Waals surface area (Å²) in [6.07, 6.45) is 2.71. The highest BCUT2D eigenvalue weighted by Gasteiger charge is 2.11. The summed E-state index contributed by atoms with van der Waals surface area (Å²) in [5, 5.41) is 11.0. The lowest BCUT2D eigenvalue weighted by Crippen LogP contribution is -2.17. The summed E-state index contributed by atoms with van der Waals surface area (Å²) in [5.41, 5.74) is 2.18. The summed E-state index contributed by atoms with van der Waals surface area (Å²) >= 11 is 5.54. The van der Waals surface area contributed by atoms with Crippen molar-refractivity contribution in [3.63, 3.8) is 0 Å². The number of alkyl halides is 1. The second-order valence-electron chi connectivity index (χ2n) is 4.57. The van der Waals surface area contributed by atoms with E-state index < -0.39 is 10.0 Å². The van der Waals surface area contributed by atoms with Crippen molar-refractivity contribution in [1.82, 2.24) is 20.2 Å². The van der Waals surface area contributed by atoms with Gasteiger partial charge in [-0.05, 0) is 54.0 Å². The first kappa shape index (κ1) is 15.7. The van der Waals surface area contributed by atoms with Gasteiger partial charge in [0.1, 0.15) is 6.33 Å². The molecule has 0 unspecified atom stereocenters. The van der Waals surface area contributed by atoms with E-state index in [0.717, 1.165) is 11.3 Å². The number of aryl methyl sites for hydroxylation is 1. The fourth-order valence-electron chi connectivity index (χ4n) is 1.86. The smallest absolute Gasteiger partial charge is 0.232 e. The Labute approximate surface area is 128 Å². The molecule has 1 aromatic heterocycles. The third kappa shape index (κ3) is 4.40. The highest BCUT2D eigenvalue weighted by atomic mass is 35.5. The number of hydrogen-bond acceptors (Lipinski definition) is 5. The van der Waals surface area contributed by atoms with Crippen molar-refractivity contribution < 1.29 is 8.42 Å². The molecule has 1 heterocycles. The molecule has 1 N–H and O–H groups in total. The fourth-order valence-corrected chi connectivity index (χ4v) is 3.23. The van der Waals surface area contributed by atoms with Gasteiger partial charge in [-0.25, -0.2) is 13.1 Å². The van der Waals surface area contributed by atoms with Gasteiger partial charge in [0, 0.05) is 11.6 Å². The topological polar surface area (TPSA) is 89.8 Å². The number of nitrogens with zero attached hydrogens (tertiary/aromatic N) is 4. The first-order valence-electron chi connectivity index (χ1n) is 6.42. The highest BCUT2D eigenvalue weighted by molar-refractivity contribution is 7.92. The van der Waals surface area contributed by atoms with Crippen LogP contribution in [0.2, 0.25) is 0 Å². The summed E-state index contributed by atoms with van der Waals surface area (Å²) < 4.78 is 27.9. The SMILES string of the molecule is Cc1cc(NS(=O)(=O)CCCCCl)ccc1-n1cnnn1. The normalized spacial score (nSPS) is 11.5.